The fourth-order valence-electron chi connectivity index (χ4n) is 4.05. The van der Waals surface area contributed by atoms with Gasteiger partial charge >= 0.3 is 12.1 Å². The van der Waals surface area contributed by atoms with E-state index in [4.69, 9.17) is 4.74 Å². The summed E-state index contributed by atoms with van der Waals surface area (Å²) < 4.78 is 5.08. The molecule has 1 aliphatic carbocycles. The van der Waals surface area contributed by atoms with Crippen molar-refractivity contribution < 1.29 is 24.2 Å². The van der Waals surface area contributed by atoms with Gasteiger partial charge in [-0.2, -0.15) is 0 Å². The number of likely N-dealkylation sites (tertiary alicyclic amines) is 1. The van der Waals surface area contributed by atoms with Crippen LogP contribution in [0.2, 0.25) is 0 Å². The highest BCUT2D eigenvalue weighted by atomic mass is 16.5. The van der Waals surface area contributed by atoms with E-state index in [-0.39, 0.29) is 31.0 Å². The first-order valence-electron chi connectivity index (χ1n) is 9.05. The van der Waals surface area contributed by atoms with Gasteiger partial charge in [0.25, 0.3) is 0 Å². The summed E-state index contributed by atoms with van der Waals surface area (Å²) in [6.07, 6.45) is 3.70. The van der Waals surface area contributed by atoms with Crippen LogP contribution in [0, 0.1) is 5.92 Å². The summed E-state index contributed by atoms with van der Waals surface area (Å²) in [5, 5.41) is 11.9. The number of carbonyl (C=O) groups excluding carboxylic acids is 2. The maximum absolute atomic E-state index is 12.6. The molecule has 2 amide bonds. The smallest absolute Gasteiger partial charge is 0.407 e. The van der Waals surface area contributed by atoms with Crippen molar-refractivity contribution in [3.63, 3.8) is 0 Å². The van der Waals surface area contributed by atoms with Crippen molar-refractivity contribution in [3.05, 3.63) is 35.9 Å². The maximum Gasteiger partial charge on any atom is 0.407 e. The Kier molecular flexibility index (Phi) is 5.75. The molecule has 1 heterocycles. The van der Waals surface area contributed by atoms with Crippen LogP contribution >= 0.6 is 0 Å². The lowest BCUT2D eigenvalue weighted by Gasteiger charge is -2.33. The Hall–Kier alpha value is -2.57. The van der Waals surface area contributed by atoms with Crippen LogP contribution in [0.15, 0.2) is 30.3 Å². The van der Waals surface area contributed by atoms with Gasteiger partial charge in [0.15, 0.2) is 0 Å². The second-order valence-electron chi connectivity index (χ2n) is 6.92. The lowest BCUT2D eigenvalue weighted by atomic mass is 9.85. The number of rotatable bonds is 5. The van der Waals surface area contributed by atoms with E-state index in [1.165, 1.54) is 4.90 Å². The minimum absolute atomic E-state index is 0.0283. The zero-order valence-electron chi connectivity index (χ0n) is 14.6. The van der Waals surface area contributed by atoms with Gasteiger partial charge in [-0.15, -0.1) is 0 Å². The molecule has 26 heavy (non-hydrogen) atoms. The van der Waals surface area contributed by atoms with E-state index in [9.17, 15) is 19.5 Å². The number of fused-ring (bicyclic) bond motifs is 1. The molecule has 7 heteroatoms. The summed E-state index contributed by atoms with van der Waals surface area (Å²) >= 11 is 0. The van der Waals surface area contributed by atoms with Gasteiger partial charge in [-0.05, 0) is 30.7 Å². The quantitative estimate of drug-likeness (QED) is 0.839. The Balaban J connectivity index is 1.52. The topological polar surface area (TPSA) is 95.9 Å². The Morgan fingerprint density at radius 2 is 1.88 bits per heavy atom. The lowest BCUT2D eigenvalue weighted by Crippen LogP contribution is -2.50. The first kappa shape index (κ1) is 18.2. The van der Waals surface area contributed by atoms with Crippen molar-refractivity contribution in [2.45, 2.75) is 50.8 Å². The largest absolute Gasteiger partial charge is 0.480 e. The summed E-state index contributed by atoms with van der Waals surface area (Å²) in [6.45, 7) is -0.131. The molecule has 1 aromatic rings. The highest BCUT2D eigenvalue weighted by molar-refractivity contribution is 5.87. The molecule has 1 saturated heterocycles. The van der Waals surface area contributed by atoms with Gasteiger partial charge in [0.2, 0.25) is 5.91 Å². The Morgan fingerprint density at radius 3 is 2.62 bits per heavy atom. The summed E-state index contributed by atoms with van der Waals surface area (Å²) in [4.78, 5) is 37.4. The number of amides is 2. The number of carboxylic acid groups (broad SMARTS) is 1. The van der Waals surface area contributed by atoms with Gasteiger partial charge in [0.05, 0.1) is 0 Å². The number of alkyl carbamates (subject to hydrolysis) is 1. The molecule has 2 fully saturated rings. The third kappa shape index (κ3) is 4.15. The molecule has 0 radical (unpaired) electrons. The molecule has 1 saturated carbocycles. The van der Waals surface area contributed by atoms with E-state index < -0.39 is 18.1 Å². The monoisotopic (exact) mass is 360 g/mol. The van der Waals surface area contributed by atoms with E-state index in [0.29, 0.717) is 6.42 Å². The molecule has 140 valence electrons. The molecular formula is C19H24N2O5. The molecule has 2 N–H and O–H groups in total. The van der Waals surface area contributed by atoms with E-state index in [0.717, 1.165) is 31.2 Å². The maximum atomic E-state index is 12.6. The molecular weight excluding hydrogens is 336 g/mol. The molecule has 3 rings (SSSR count). The third-order valence-corrected chi connectivity index (χ3v) is 5.26. The van der Waals surface area contributed by atoms with Crippen LogP contribution in [0.3, 0.4) is 0 Å². The van der Waals surface area contributed by atoms with Crippen LogP contribution < -0.4 is 5.32 Å². The number of nitrogens with zero attached hydrogens (tertiary/aromatic N) is 1. The van der Waals surface area contributed by atoms with Gasteiger partial charge in [-0.3, -0.25) is 4.79 Å². The fraction of sp³-hybridized carbons (Fsp3) is 0.526. The van der Waals surface area contributed by atoms with E-state index in [1.807, 2.05) is 30.3 Å². The zero-order chi connectivity index (χ0) is 18.5. The number of hydrogen-bond acceptors (Lipinski definition) is 4. The zero-order valence-corrected chi connectivity index (χ0v) is 14.6. The number of ether oxygens (including phenoxy) is 1. The van der Waals surface area contributed by atoms with Gasteiger partial charge in [-0.25, -0.2) is 9.59 Å². The van der Waals surface area contributed by atoms with Gasteiger partial charge in [-0.1, -0.05) is 43.2 Å². The number of nitrogens with one attached hydrogen (secondary N) is 1. The summed E-state index contributed by atoms with van der Waals surface area (Å²) in [5.74, 6) is -1.08. The predicted octanol–water partition coefficient (Wildman–Crippen LogP) is 2.16. The Labute approximate surface area is 152 Å². The minimum atomic E-state index is -0.973. The third-order valence-electron chi connectivity index (χ3n) is 5.26. The molecule has 0 bridgehead atoms. The molecule has 3 atom stereocenters. The molecule has 0 aromatic heterocycles. The average Bonchev–Trinajstić information content (AvgIpc) is 3.05. The number of carbonyl (C=O) groups is 3. The number of hydrogen-bond donors (Lipinski definition) is 2. The van der Waals surface area contributed by atoms with Crippen molar-refractivity contribution in [1.82, 2.24) is 10.2 Å². The van der Waals surface area contributed by atoms with Crippen LogP contribution in [0.1, 0.15) is 37.7 Å². The second kappa shape index (κ2) is 8.21. The number of carboxylic acids is 1. The molecule has 1 aromatic carbocycles. The molecule has 0 unspecified atom stereocenters. The van der Waals surface area contributed by atoms with Crippen molar-refractivity contribution in [3.8, 4) is 0 Å². The van der Waals surface area contributed by atoms with Crippen molar-refractivity contribution in [2.75, 3.05) is 6.54 Å². The Morgan fingerprint density at radius 1 is 1.15 bits per heavy atom. The highest BCUT2D eigenvalue weighted by Gasteiger charge is 2.47. The molecule has 1 aliphatic heterocycles. The fourth-order valence-corrected chi connectivity index (χ4v) is 4.05. The van der Waals surface area contributed by atoms with Crippen molar-refractivity contribution in [1.29, 1.82) is 0 Å². The molecule has 0 spiro atoms. The second-order valence-corrected chi connectivity index (χ2v) is 6.92. The van der Waals surface area contributed by atoms with Crippen LogP contribution in [0.4, 0.5) is 4.79 Å². The van der Waals surface area contributed by atoms with Gasteiger partial charge < -0.3 is 20.1 Å². The van der Waals surface area contributed by atoms with Crippen LogP contribution in [0.25, 0.3) is 0 Å². The minimum Gasteiger partial charge on any atom is -0.480 e. The standard InChI is InChI=1S/C19H24N2O5/c22-17(11-20-19(25)26-12-13-6-2-1-3-7-13)21-15-9-5-4-8-14(15)10-16(21)18(23)24/h1-3,6-7,14-16H,4-5,8-12H2,(H,20,25)(H,23,24)/t14-,15-,16-/m0/s1. The summed E-state index contributed by atoms with van der Waals surface area (Å²) in [5.41, 5.74) is 0.851. The van der Waals surface area contributed by atoms with E-state index >= 15 is 0 Å². The first-order chi connectivity index (χ1) is 12.6. The van der Waals surface area contributed by atoms with Crippen molar-refractivity contribution in [2.24, 2.45) is 5.92 Å². The normalized spacial score (nSPS) is 24.6. The first-order valence-corrected chi connectivity index (χ1v) is 9.05. The number of aliphatic carboxylic acids is 1. The molecule has 7 nitrogen and oxygen atoms in total. The van der Waals surface area contributed by atoms with Crippen LogP contribution in [0.5, 0.6) is 0 Å². The van der Waals surface area contributed by atoms with Gasteiger partial charge in [0, 0.05) is 6.04 Å². The predicted molar refractivity (Wildman–Crippen MR) is 93.3 cm³/mol. The van der Waals surface area contributed by atoms with Crippen LogP contribution in [-0.4, -0.2) is 46.6 Å². The SMILES string of the molecule is O=C(NCC(=O)N1[C@H](C(=O)O)C[C@@H]2CCCC[C@@H]21)OCc1ccccc1. The highest BCUT2D eigenvalue weighted by Crippen LogP contribution is 2.39. The Bertz CT molecular complexity index is 663. The summed E-state index contributed by atoms with van der Waals surface area (Å²) in [7, 11) is 0. The number of benzene rings is 1. The summed E-state index contributed by atoms with van der Waals surface area (Å²) in [6, 6.07) is 8.42. The lowest BCUT2D eigenvalue weighted by molar-refractivity contribution is -0.149. The molecule has 2 aliphatic rings. The van der Waals surface area contributed by atoms with Crippen LogP contribution in [-0.2, 0) is 20.9 Å². The van der Waals surface area contributed by atoms with Gasteiger partial charge in [0.1, 0.15) is 19.2 Å². The van der Waals surface area contributed by atoms with Crippen molar-refractivity contribution >= 4 is 18.0 Å². The van der Waals surface area contributed by atoms with E-state index in [2.05, 4.69) is 5.32 Å². The van der Waals surface area contributed by atoms with E-state index in [1.54, 1.807) is 0 Å². The average molecular weight is 360 g/mol.